The average molecular weight is 290 g/mol. The van der Waals surface area contributed by atoms with Crippen LogP contribution in [-0.2, 0) is 9.53 Å². The highest BCUT2D eigenvalue weighted by Gasteiger charge is 2.46. The van der Waals surface area contributed by atoms with Gasteiger partial charge in [-0.25, -0.2) is 0 Å². The number of anilines is 1. The molecule has 2 unspecified atom stereocenters. The third-order valence-electron chi connectivity index (χ3n) is 4.72. The van der Waals surface area contributed by atoms with Crippen LogP contribution < -0.4 is 10.6 Å². The Bertz CT molecular complexity index is 486. The van der Waals surface area contributed by atoms with Crippen LogP contribution in [0.15, 0.2) is 24.3 Å². The van der Waals surface area contributed by atoms with Gasteiger partial charge in [0.25, 0.3) is 0 Å². The van der Waals surface area contributed by atoms with Crippen LogP contribution in [0, 0.1) is 12.8 Å². The quantitative estimate of drug-likeness (QED) is 0.847. The zero-order valence-corrected chi connectivity index (χ0v) is 13.3. The molecular weight excluding hydrogens is 264 g/mol. The Labute approximate surface area is 127 Å². The highest BCUT2D eigenvalue weighted by Crippen LogP contribution is 2.37. The van der Waals surface area contributed by atoms with E-state index in [1.807, 2.05) is 0 Å². The molecule has 0 aliphatic heterocycles. The molecule has 2 N–H and O–H groups in total. The number of benzene rings is 1. The number of carbonyl (C=O) groups is 1. The first-order valence-electron chi connectivity index (χ1n) is 7.62. The van der Waals surface area contributed by atoms with Crippen molar-refractivity contribution in [3.8, 4) is 0 Å². The third-order valence-corrected chi connectivity index (χ3v) is 4.72. The number of nitrogens with two attached hydrogens (primary N) is 1. The number of hydrogen-bond donors (Lipinski definition) is 1. The Hall–Kier alpha value is -1.55. The van der Waals surface area contributed by atoms with E-state index in [0.717, 1.165) is 32.2 Å². The SMILES string of the molecule is COC(=O)C1(N)CCCC1CCN(C)c1ccc(C)cc1. The van der Waals surface area contributed by atoms with Crippen molar-refractivity contribution >= 4 is 11.7 Å². The number of ether oxygens (including phenoxy) is 1. The van der Waals surface area contributed by atoms with Gasteiger partial charge in [0.15, 0.2) is 0 Å². The van der Waals surface area contributed by atoms with Crippen molar-refractivity contribution in [2.75, 3.05) is 25.6 Å². The van der Waals surface area contributed by atoms with Crippen LogP contribution in [0.4, 0.5) is 5.69 Å². The number of esters is 1. The highest BCUT2D eigenvalue weighted by molar-refractivity contribution is 5.81. The summed E-state index contributed by atoms with van der Waals surface area (Å²) in [7, 11) is 3.50. The van der Waals surface area contributed by atoms with Gasteiger partial charge < -0.3 is 15.4 Å². The van der Waals surface area contributed by atoms with Gasteiger partial charge in [-0.05, 0) is 44.2 Å². The minimum atomic E-state index is -0.789. The monoisotopic (exact) mass is 290 g/mol. The van der Waals surface area contributed by atoms with E-state index >= 15 is 0 Å². The first kappa shape index (κ1) is 15.8. The molecule has 0 heterocycles. The number of rotatable bonds is 5. The van der Waals surface area contributed by atoms with E-state index in [-0.39, 0.29) is 11.9 Å². The smallest absolute Gasteiger partial charge is 0.326 e. The molecule has 0 aromatic heterocycles. The fraction of sp³-hybridized carbons (Fsp3) is 0.588. The van der Waals surface area contributed by atoms with Crippen molar-refractivity contribution in [1.82, 2.24) is 0 Å². The van der Waals surface area contributed by atoms with E-state index in [2.05, 4.69) is 43.1 Å². The number of nitrogens with zero attached hydrogens (tertiary/aromatic N) is 1. The number of hydrogen-bond acceptors (Lipinski definition) is 4. The summed E-state index contributed by atoms with van der Waals surface area (Å²) in [5.74, 6) is -0.0548. The van der Waals surface area contributed by atoms with Gasteiger partial charge in [-0.1, -0.05) is 24.1 Å². The first-order chi connectivity index (χ1) is 9.97. The fourth-order valence-electron chi connectivity index (χ4n) is 3.24. The van der Waals surface area contributed by atoms with E-state index in [0.29, 0.717) is 0 Å². The van der Waals surface area contributed by atoms with Crippen LogP contribution >= 0.6 is 0 Å². The molecule has 0 amide bonds. The Morgan fingerprint density at radius 1 is 1.43 bits per heavy atom. The lowest BCUT2D eigenvalue weighted by molar-refractivity contribution is -0.148. The van der Waals surface area contributed by atoms with E-state index in [4.69, 9.17) is 10.5 Å². The molecule has 116 valence electrons. The first-order valence-corrected chi connectivity index (χ1v) is 7.62. The largest absolute Gasteiger partial charge is 0.468 e. The van der Waals surface area contributed by atoms with Crippen molar-refractivity contribution in [2.45, 2.75) is 38.1 Å². The second-order valence-electron chi connectivity index (χ2n) is 6.17. The molecular formula is C17H26N2O2. The van der Waals surface area contributed by atoms with Gasteiger partial charge in [0.1, 0.15) is 5.54 Å². The van der Waals surface area contributed by atoms with Crippen LogP contribution in [0.3, 0.4) is 0 Å². The van der Waals surface area contributed by atoms with Gasteiger partial charge in [-0.2, -0.15) is 0 Å². The van der Waals surface area contributed by atoms with Crippen LogP contribution in [0.25, 0.3) is 0 Å². The lowest BCUT2D eigenvalue weighted by Crippen LogP contribution is -2.52. The van der Waals surface area contributed by atoms with Crippen LogP contribution in [-0.4, -0.2) is 32.2 Å². The van der Waals surface area contributed by atoms with Crippen molar-refractivity contribution in [1.29, 1.82) is 0 Å². The summed E-state index contributed by atoms with van der Waals surface area (Å²) < 4.78 is 4.89. The summed E-state index contributed by atoms with van der Waals surface area (Å²) in [5.41, 5.74) is 7.97. The summed E-state index contributed by atoms with van der Waals surface area (Å²) >= 11 is 0. The van der Waals surface area contributed by atoms with Crippen molar-refractivity contribution in [3.05, 3.63) is 29.8 Å². The summed E-state index contributed by atoms with van der Waals surface area (Å²) in [6.07, 6.45) is 3.66. The predicted molar refractivity (Wildman–Crippen MR) is 85.3 cm³/mol. The molecule has 1 saturated carbocycles. The summed E-state index contributed by atoms with van der Waals surface area (Å²) in [5, 5.41) is 0. The molecule has 0 bridgehead atoms. The summed E-state index contributed by atoms with van der Waals surface area (Å²) in [4.78, 5) is 14.2. The van der Waals surface area contributed by atoms with Gasteiger partial charge in [-0.15, -0.1) is 0 Å². The Morgan fingerprint density at radius 2 is 2.10 bits per heavy atom. The number of carbonyl (C=O) groups excluding carboxylic acids is 1. The molecule has 0 spiro atoms. The molecule has 2 atom stereocenters. The summed E-state index contributed by atoms with van der Waals surface area (Å²) in [6, 6.07) is 8.48. The molecule has 4 nitrogen and oxygen atoms in total. The second-order valence-corrected chi connectivity index (χ2v) is 6.17. The molecule has 1 aliphatic carbocycles. The zero-order valence-electron chi connectivity index (χ0n) is 13.3. The maximum atomic E-state index is 11.9. The molecule has 0 saturated heterocycles. The maximum Gasteiger partial charge on any atom is 0.326 e. The van der Waals surface area contributed by atoms with E-state index in [9.17, 15) is 4.79 Å². The fourth-order valence-corrected chi connectivity index (χ4v) is 3.24. The van der Waals surface area contributed by atoms with Crippen molar-refractivity contribution in [3.63, 3.8) is 0 Å². The lowest BCUT2D eigenvalue weighted by Gasteiger charge is -2.30. The topological polar surface area (TPSA) is 55.6 Å². The number of aryl methyl sites for hydroxylation is 1. The standard InChI is InChI=1S/C17H26N2O2/c1-13-6-8-15(9-7-13)19(2)12-10-14-5-4-11-17(14,18)16(20)21-3/h6-9,14H,4-5,10-12,18H2,1-3H3. The van der Waals surface area contributed by atoms with Crippen LogP contribution in [0.5, 0.6) is 0 Å². The highest BCUT2D eigenvalue weighted by atomic mass is 16.5. The molecule has 0 radical (unpaired) electrons. The second kappa shape index (κ2) is 6.48. The van der Waals surface area contributed by atoms with Crippen molar-refractivity contribution < 1.29 is 9.53 Å². The minimum absolute atomic E-state index is 0.206. The van der Waals surface area contributed by atoms with Crippen molar-refractivity contribution in [2.24, 2.45) is 11.7 Å². The molecule has 4 heteroatoms. The molecule has 2 rings (SSSR count). The lowest BCUT2D eigenvalue weighted by atomic mass is 9.85. The number of methoxy groups -OCH3 is 1. The van der Waals surface area contributed by atoms with E-state index < -0.39 is 5.54 Å². The van der Waals surface area contributed by atoms with Crippen LogP contribution in [0.2, 0.25) is 0 Å². The molecule has 1 aliphatic rings. The van der Waals surface area contributed by atoms with E-state index in [1.54, 1.807) is 0 Å². The van der Waals surface area contributed by atoms with Gasteiger partial charge >= 0.3 is 5.97 Å². The van der Waals surface area contributed by atoms with Crippen LogP contribution in [0.1, 0.15) is 31.2 Å². The Kier molecular flexibility index (Phi) is 4.88. The van der Waals surface area contributed by atoms with Gasteiger partial charge in [-0.3, -0.25) is 4.79 Å². The van der Waals surface area contributed by atoms with Gasteiger partial charge in [0.2, 0.25) is 0 Å². The predicted octanol–water partition coefficient (Wildman–Crippen LogP) is 2.49. The zero-order chi connectivity index (χ0) is 15.5. The minimum Gasteiger partial charge on any atom is -0.468 e. The Balaban J connectivity index is 1.95. The average Bonchev–Trinajstić information content (AvgIpc) is 2.87. The maximum absolute atomic E-state index is 11.9. The van der Waals surface area contributed by atoms with E-state index in [1.165, 1.54) is 18.4 Å². The van der Waals surface area contributed by atoms with Gasteiger partial charge in [0.05, 0.1) is 7.11 Å². The molecule has 21 heavy (non-hydrogen) atoms. The molecule has 1 aromatic carbocycles. The Morgan fingerprint density at radius 3 is 2.71 bits per heavy atom. The van der Waals surface area contributed by atoms with Gasteiger partial charge in [0, 0.05) is 19.3 Å². The summed E-state index contributed by atoms with van der Waals surface area (Å²) in [6.45, 7) is 2.98. The molecule has 1 fully saturated rings. The third kappa shape index (κ3) is 3.38. The normalized spacial score (nSPS) is 24.9. The molecule has 1 aromatic rings.